The number of H-pyrrole nitrogens is 1. The van der Waals surface area contributed by atoms with E-state index in [0.29, 0.717) is 18.9 Å². The van der Waals surface area contributed by atoms with Gasteiger partial charge in [0, 0.05) is 42.9 Å². The lowest BCUT2D eigenvalue weighted by Gasteiger charge is -2.12. The highest BCUT2D eigenvalue weighted by Gasteiger charge is 2.09. The Balaban J connectivity index is 1.53. The zero-order valence-electron chi connectivity index (χ0n) is 16.4. The number of hydrogen-bond donors (Lipinski definition) is 2. The normalized spacial score (nSPS) is 10.8. The third-order valence-electron chi connectivity index (χ3n) is 4.65. The topological polar surface area (TPSA) is 111 Å². The highest BCUT2D eigenvalue weighted by atomic mass is 16.5. The summed E-state index contributed by atoms with van der Waals surface area (Å²) in [5.41, 5.74) is 3.39. The first-order valence-electron chi connectivity index (χ1n) is 9.48. The van der Waals surface area contributed by atoms with Gasteiger partial charge >= 0.3 is 0 Å². The molecule has 152 valence electrons. The average molecular weight is 403 g/mol. The molecule has 9 nitrogen and oxygen atoms in total. The van der Waals surface area contributed by atoms with Gasteiger partial charge in [0.25, 0.3) is 5.56 Å². The fourth-order valence-corrected chi connectivity index (χ4v) is 3.12. The average Bonchev–Trinajstić information content (AvgIpc) is 3.29. The summed E-state index contributed by atoms with van der Waals surface area (Å²) in [6.07, 6.45) is 4.74. The minimum atomic E-state index is -0.232. The monoisotopic (exact) mass is 403 g/mol. The van der Waals surface area contributed by atoms with E-state index in [4.69, 9.17) is 4.74 Å². The van der Waals surface area contributed by atoms with Crippen LogP contribution in [0.4, 0.5) is 11.5 Å². The molecule has 0 aliphatic carbocycles. The van der Waals surface area contributed by atoms with Crippen molar-refractivity contribution >= 4 is 11.5 Å². The summed E-state index contributed by atoms with van der Waals surface area (Å²) >= 11 is 0. The van der Waals surface area contributed by atoms with Gasteiger partial charge in [0.1, 0.15) is 0 Å². The van der Waals surface area contributed by atoms with Gasteiger partial charge in [-0.3, -0.25) is 9.36 Å². The molecule has 2 N–H and O–H groups in total. The largest absolute Gasteiger partial charge is 0.380 e. The van der Waals surface area contributed by atoms with Gasteiger partial charge in [0.15, 0.2) is 11.6 Å². The van der Waals surface area contributed by atoms with Gasteiger partial charge in [-0.05, 0) is 30.2 Å². The maximum atomic E-state index is 13.0. The van der Waals surface area contributed by atoms with Crippen molar-refractivity contribution in [1.29, 1.82) is 0 Å². The molecule has 0 fully saturated rings. The van der Waals surface area contributed by atoms with Gasteiger partial charge < -0.3 is 10.1 Å². The number of nitrogens with one attached hydrogen (secondary N) is 2. The zero-order valence-corrected chi connectivity index (χ0v) is 16.4. The summed E-state index contributed by atoms with van der Waals surface area (Å²) in [7, 11) is 1.64. The Bertz CT molecular complexity index is 1150. The highest BCUT2D eigenvalue weighted by Crippen LogP contribution is 2.19. The number of aryl methyl sites for hydroxylation is 2. The number of hydrogen-bond acceptors (Lipinski definition) is 7. The third-order valence-corrected chi connectivity index (χ3v) is 4.65. The van der Waals surface area contributed by atoms with Crippen molar-refractivity contribution in [2.75, 3.05) is 12.4 Å². The van der Waals surface area contributed by atoms with E-state index in [1.807, 2.05) is 48.5 Å². The number of tetrazole rings is 1. The molecule has 2 heterocycles. The van der Waals surface area contributed by atoms with E-state index >= 15 is 0 Å². The van der Waals surface area contributed by atoms with Crippen LogP contribution in [-0.2, 0) is 24.2 Å². The van der Waals surface area contributed by atoms with E-state index in [0.717, 1.165) is 28.9 Å². The number of methoxy groups -OCH3 is 1. The Kier molecular flexibility index (Phi) is 5.90. The molecule has 0 bridgehead atoms. The first kappa shape index (κ1) is 19.5. The first-order chi connectivity index (χ1) is 14.7. The molecule has 9 heteroatoms. The molecule has 2 aromatic heterocycles. The van der Waals surface area contributed by atoms with Crippen molar-refractivity contribution < 1.29 is 4.74 Å². The van der Waals surface area contributed by atoms with Crippen molar-refractivity contribution in [3.63, 3.8) is 0 Å². The summed E-state index contributed by atoms with van der Waals surface area (Å²) < 4.78 is 6.79. The van der Waals surface area contributed by atoms with Gasteiger partial charge in [0.2, 0.25) is 0 Å². The van der Waals surface area contributed by atoms with Crippen molar-refractivity contribution in [3.8, 4) is 5.69 Å². The Morgan fingerprint density at radius 1 is 1.10 bits per heavy atom. The van der Waals surface area contributed by atoms with Gasteiger partial charge in [-0.15, -0.1) is 10.2 Å². The van der Waals surface area contributed by atoms with Crippen molar-refractivity contribution in [3.05, 3.63) is 88.2 Å². The summed E-state index contributed by atoms with van der Waals surface area (Å²) in [6, 6.07) is 15.5. The quantitative estimate of drug-likeness (QED) is 0.465. The molecule has 0 unspecified atom stereocenters. The third kappa shape index (κ3) is 4.41. The van der Waals surface area contributed by atoms with E-state index in [1.165, 1.54) is 0 Å². The smallest absolute Gasteiger partial charge is 0.298 e. The number of aromatic nitrogens is 6. The van der Waals surface area contributed by atoms with Gasteiger partial charge in [0.05, 0.1) is 6.61 Å². The number of rotatable bonds is 8. The molecule has 0 atom stereocenters. The van der Waals surface area contributed by atoms with E-state index in [-0.39, 0.29) is 11.4 Å². The number of aromatic amines is 1. The molecule has 0 aliphatic rings. The maximum Gasteiger partial charge on any atom is 0.298 e. The van der Waals surface area contributed by atoms with Gasteiger partial charge in [-0.2, -0.15) is 5.21 Å². The van der Waals surface area contributed by atoms with Crippen LogP contribution in [0.2, 0.25) is 0 Å². The molecular weight excluding hydrogens is 382 g/mol. The van der Waals surface area contributed by atoms with Crippen molar-refractivity contribution in [2.45, 2.75) is 19.4 Å². The number of ether oxygens (including phenoxy) is 1. The molecule has 0 saturated carbocycles. The molecule has 0 radical (unpaired) electrons. The SMILES string of the molecule is COCc1ccccc1Nc1nccn(-c2ccc(CCc3nn[nH]n3)cc2)c1=O. The molecule has 0 amide bonds. The minimum Gasteiger partial charge on any atom is -0.380 e. The van der Waals surface area contributed by atoms with Gasteiger partial charge in [-0.1, -0.05) is 35.5 Å². The molecule has 0 spiro atoms. The number of nitrogens with zero attached hydrogens (tertiary/aromatic N) is 5. The molecule has 4 rings (SSSR count). The second-order valence-electron chi connectivity index (χ2n) is 6.66. The summed E-state index contributed by atoms with van der Waals surface area (Å²) in [6.45, 7) is 0.440. The van der Waals surface area contributed by atoms with Crippen LogP contribution in [0, 0.1) is 0 Å². The number of benzene rings is 2. The summed E-state index contributed by atoms with van der Waals surface area (Å²) in [5.74, 6) is 0.927. The van der Waals surface area contributed by atoms with Gasteiger partial charge in [-0.25, -0.2) is 4.98 Å². The minimum absolute atomic E-state index is 0.232. The lowest BCUT2D eigenvalue weighted by atomic mass is 10.1. The predicted octanol–water partition coefficient (Wildman–Crippen LogP) is 2.42. The Hall–Kier alpha value is -3.85. The standard InChI is InChI=1S/C21H21N7O2/c1-30-14-16-4-2-3-5-18(16)23-20-21(29)28(13-12-22-20)17-9-6-15(7-10-17)8-11-19-24-26-27-25-19/h2-7,9-10,12-13H,8,11,14H2,1H3,(H,22,23)(H,24,25,26,27). The summed E-state index contributed by atoms with van der Waals surface area (Å²) in [4.78, 5) is 17.2. The summed E-state index contributed by atoms with van der Waals surface area (Å²) in [5, 5.41) is 17.1. The van der Waals surface area contributed by atoms with E-state index in [2.05, 4.69) is 30.9 Å². The lowest BCUT2D eigenvalue weighted by Crippen LogP contribution is -2.22. The number of anilines is 2. The van der Waals surface area contributed by atoms with Crippen LogP contribution in [0.5, 0.6) is 0 Å². The fraction of sp³-hybridized carbons (Fsp3) is 0.190. The van der Waals surface area contributed by atoms with E-state index < -0.39 is 0 Å². The second kappa shape index (κ2) is 9.10. The molecule has 2 aromatic carbocycles. The maximum absolute atomic E-state index is 13.0. The molecule has 0 aliphatic heterocycles. The zero-order chi connectivity index (χ0) is 20.8. The van der Waals surface area contributed by atoms with E-state index in [1.54, 1.807) is 24.1 Å². The molecular formula is C21H21N7O2. The Morgan fingerprint density at radius 3 is 2.70 bits per heavy atom. The van der Waals surface area contributed by atoms with Crippen LogP contribution in [0.25, 0.3) is 5.69 Å². The van der Waals surface area contributed by atoms with Crippen LogP contribution in [0.15, 0.2) is 65.7 Å². The first-order valence-corrected chi connectivity index (χ1v) is 9.48. The van der Waals surface area contributed by atoms with Crippen LogP contribution >= 0.6 is 0 Å². The van der Waals surface area contributed by atoms with E-state index in [9.17, 15) is 4.79 Å². The molecule has 30 heavy (non-hydrogen) atoms. The Labute approximate surface area is 172 Å². The van der Waals surface area contributed by atoms with Crippen LogP contribution < -0.4 is 10.9 Å². The van der Waals surface area contributed by atoms with Crippen LogP contribution in [0.1, 0.15) is 17.0 Å². The number of para-hydroxylation sites is 1. The second-order valence-corrected chi connectivity index (χ2v) is 6.66. The molecule has 4 aromatic rings. The highest BCUT2D eigenvalue weighted by molar-refractivity contribution is 5.60. The van der Waals surface area contributed by atoms with Crippen LogP contribution in [-0.4, -0.2) is 37.3 Å². The fourth-order valence-electron chi connectivity index (χ4n) is 3.12. The predicted molar refractivity (Wildman–Crippen MR) is 112 cm³/mol. The Morgan fingerprint density at radius 2 is 1.93 bits per heavy atom. The van der Waals surface area contributed by atoms with Crippen molar-refractivity contribution in [2.24, 2.45) is 0 Å². The molecule has 0 saturated heterocycles. The lowest BCUT2D eigenvalue weighted by molar-refractivity contribution is 0.185. The van der Waals surface area contributed by atoms with Crippen molar-refractivity contribution in [1.82, 2.24) is 30.2 Å². The van der Waals surface area contributed by atoms with Crippen LogP contribution in [0.3, 0.4) is 0 Å².